The molecule has 0 N–H and O–H groups in total. The van der Waals surface area contributed by atoms with Gasteiger partial charge in [0.25, 0.3) is 0 Å². The molecule has 0 unspecified atom stereocenters. The number of carbonyl (C=O) groups excluding carboxylic acids is 3. The van der Waals surface area contributed by atoms with Crippen LogP contribution in [0.15, 0.2) is 0 Å². The summed E-state index contributed by atoms with van der Waals surface area (Å²) >= 11 is 0. The van der Waals surface area contributed by atoms with Crippen molar-refractivity contribution in [1.29, 1.82) is 0 Å². The number of hydrogen-bond donors (Lipinski definition) is 0. The van der Waals surface area contributed by atoms with Gasteiger partial charge in [0.15, 0.2) is 0 Å². The first kappa shape index (κ1) is 17.3. The molecule has 116 valence electrons. The number of amides is 1. The van der Waals surface area contributed by atoms with Gasteiger partial charge in [0.1, 0.15) is 25.6 Å². The van der Waals surface area contributed by atoms with E-state index in [4.69, 9.17) is 17.3 Å². The van der Waals surface area contributed by atoms with Crippen LogP contribution in [-0.2, 0) is 23.8 Å². The van der Waals surface area contributed by atoms with Gasteiger partial charge in [0, 0.05) is 19.3 Å². The average Bonchev–Trinajstić information content (AvgIpc) is 2.63. The number of esters is 2. The second-order valence-electron chi connectivity index (χ2n) is 5.80. The Hall–Kier alpha value is -1.73. The monoisotopic (exact) mass is 297 g/mol. The number of nitrogens with zero attached hydrogens (tertiary/aromatic N) is 1. The molecule has 8 heteroatoms. The van der Waals surface area contributed by atoms with Crippen LogP contribution in [0.4, 0.5) is 4.79 Å². The lowest BCUT2D eigenvalue weighted by Crippen LogP contribution is -2.49. The van der Waals surface area contributed by atoms with E-state index in [1.807, 2.05) is 0 Å². The molecule has 0 aromatic heterocycles. The quantitative estimate of drug-likeness (QED) is 0.421. The summed E-state index contributed by atoms with van der Waals surface area (Å²) in [5, 5.41) is 0. The maximum atomic E-state index is 12.2. The van der Waals surface area contributed by atoms with Gasteiger partial charge in [-0.15, -0.1) is 0 Å². The Morgan fingerprint density at radius 3 is 2.24 bits per heavy atom. The number of likely N-dealkylation sites (tertiary alicyclic amines) is 1. The molecule has 1 amide bonds. The van der Waals surface area contributed by atoms with Crippen LogP contribution in [0.3, 0.4) is 0 Å². The summed E-state index contributed by atoms with van der Waals surface area (Å²) in [6, 6.07) is -0.941. The first-order valence-corrected chi connectivity index (χ1v) is 6.58. The highest BCUT2D eigenvalue weighted by Gasteiger charge is 2.48. The van der Waals surface area contributed by atoms with Gasteiger partial charge in [-0.1, -0.05) is 0 Å². The third-order valence-electron chi connectivity index (χ3n) is 2.89. The summed E-state index contributed by atoms with van der Waals surface area (Å²) in [4.78, 5) is 36.1. The van der Waals surface area contributed by atoms with Gasteiger partial charge < -0.3 is 14.2 Å². The van der Waals surface area contributed by atoms with Crippen molar-refractivity contribution in [3.8, 4) is 0 Å². The van der Waals surface area contributed by atoms with Crippen molar-refractivity contribution in [2.24, 2.45) is 0 Å². The third-order valence-corrected chi connectivity index (χ3v) is 2.89. The maximum absolute atomic E-state index is 12.2. The summed E-state index contributed by atoms with van der Waals surface area (Å²) < 4.78 is 14.9. The molecule has 0 bridgehead atoms. The van der Waals surface area contributed by atoms with E-state index in [-0.39, 0.29) is 6.42 Å². The zero-order valence-electron chi connectivity index (χ0n) is 12.9. The van der Waals surface area contributed by atoms with Crippen LogP contribution in [0.5, 0.6) is 0 Å². The molecule has 1 saturated heterocycles. The largest absolute Gasteiger partial charge is 0.467 e. The Balaban J connectivity index is 2.97. The van der Waals surface area contributed by atoms with Crippen LogP contribution >= 0.6 is 0 Å². The highest BCUT2D eigenvalue weighted by molar-refractivity contribution is 6.14. The first-order chi connectivity index (χ1) is 9.56. The Bertz CT molecular complexity index is 433. The van der Waals surface area contributed by atoms with Crippen molar-refractivity contribution in [3.05, 3.63) is 0 Å². The van der Waals surface area contributed by atoms with Gasteiger partial charge in [-0.25, -0.2) is 9.59 Å². The Morgan fingerprint density at radius 1 is 1.24 bits per heavy atom. The fraction of sp³-hybridized carbons (Fsp3) is 0.769. The molecule has 3 atom stereocenters. The van der Waals surface area contributed by atoms with Gasteiger partial charge in [0.2, 0.25) is 0 Å². The van der Waals surface area contributed by atoms with Gasteiger partial charge in [-0.3, -0.25) is 9.69 Å². The Morgan fingerprint density at radius 2 is 1.81 bits per heavy atom. The van der Waals surface area contributed by atoms with E-state index < -0.39 is 41.7 Å². The van der Waals surface area contributed by atoms with Crippen molar-refractivity contribution in [1.82, 2.24) is 4.90 Å². The number of methoxy groups -OCH3 is 1. The molecule has 1 aliphatic rings. The van der Waals surface area contributed by atoms with Crippen LogP contribution < -0.4 is 0 Å². The van der Waals surface area contributed by atoms with Gasteiger partial charge >= 0.3 is 18.0 Å². The summed E-state index contributed by atoms with van der Waals surface area (Å²) in [5.41, 5.74) is -0.739. The number of carbonyl (C=O) groups is 3. The molecule has 2 radical (unpaired) electrons. The van der Waals surface area contributed by atoms with E-state index in [0.29, 0.717) is 0 Å². The van der Waals surface area contributed by atoms with Gasteiger partial charge in [0.05, 0.1) is 7.11 Å². The van der Waals surface area contributed by atoms with E-state index in [9.17, 15) is 14.4 Å². The van der Waals surface area contributed by atoms with Crippen LogP contribution in [0.25, 0.3) is 0 Å². The van der Waals surface area contributed by atoms with Crippen LogP contribution in [0.2, 0.25) is 0 Å². The summed E-state index contributed by atoms with van der Waals surface area (Å²) in [7, 11) is 7.12. The molecule has 21 heavy (non-hydrogen) atoms. The zero-order valence-corrected chi connectivity index (χ0v) is 12.9. The molecule has 1 fully saturated rings. The lowest BCUT2D eigenvalue weighted by molar-refractivity contribution is -0.148. The molecule has 0 spiro atoms. The average molecular weight is 297 g/mol. The van der Waals surface area contributed by atoms with E-state index in [2.05, 4.69) is 4.74 Å². The minimum atomic E-state index is -0.965. The molecular formula is C13H20BNO6. The lowest BCUT2D eigenvalue weighted by Gasteiger charge is -2.30. The second kappa shape index (κ2) is 6.36. The molecule has 0 aromatic carbocycles. The third kappa shape index (κ3) is 4.37. The molecular weight excluding hydrogens is 277 g/mol. The molecule has 0 saturated carbocycles. The van der Waals surface area contributed by atoms with Crippen molar-refractivity contribution in [2.75, 3.05) is 7.11 Å². The van der Waals surface area contributed by atoms with Crippen molar-refractivity contribution in [2.45, 2.75) is 57.8 Å². The second-order valence-corrected chi connectivity index (χ2v) is 5.80. The van der Waals surface area contributed by atoms with E-state index >= 15 is 0 Å². The molecule has 1 rings (SSSR count). The summed E-state index contributed by atoms with van der Waals surface area (Å²) in [6.45, 7) is 6.32. The summed E-state index contributed by atoms with van der Waals surface area (Å²) in [5.74, 6) is -2.14. The van der Waals surface area contributed by atoms with E-state index in [1.165, 1.54) is 14.0 Å². The van der Waals surface area contributed by atoms with Crippen LogP contribution in [-0.4, -0.2) is 61.6 Å². The normalized spacial score (nSPS) is 25.4. The van der Waals surface area contributed by atoms with Crippen molar-refractivity contribution >= 4 is 25.9 Å². The van der Waals surface area contributed by atoms with Crippen molar-refractivity contribution < 1.29 is 28.6 Å². The predicted molar refractivity (Wildman–Crippen MR) is 73.6 cm³/mol. The van der Waals surface area contributed by atoms with Crippen LogP contribution in [0, 0.1) is 0 Å². The molecule has 1 heterocycles. The predicted octanol–water partition coefficient (Wildman–Crippen LogP) is 0.595. The maximum Gasteiger partial charge on any atom is 0.410 e. The molecule has 1 aliphatic heterocycles. The molecule has 0 aliphatic carbocycles. The summed E-state index contributed by atoms with van der Waals surface area (Å²) in [6.07, 6.45) is -1.45. The fourth-order valence-corrected chi connectivity index (χ4v) is 2.10. The molecule has 7 nitrogen and oxygen atoms in total. The van der Waals surface area contributed by atoms with Crippen LogP contribution in [0.1, 0.15) is 34.1 Å². The minimum Gasteiger partial charge on any atom is -0.467 e. The van der Waals surface area contributed by atoms with E-state index in [1.54, 1.807) is 20.8 Å². The molecule has 0 aromatic rings. The van der Waals surface area contributed by atoms with Gasteiger partial charge in [-0.2, -0.15) is 0 Å². The van der Waals surface area contributed by atoms with Crippen molar-refractivity contribution in [3.63, 3.8) is 0 Å². The van der Waals surface area contributed by atoms with E-state index in [0.717, 1.165) is 4.90 Å². The number of ether oxygens (including phenoxy) is 3. The highest BCUT2D eigenvalue weighted by atomic mass is 16.6. The number of hydrogen-bond acceptors (Lipinski definition) is 6. The Labute approximate surface area is 125 Å². The topological polar surface area (TPSA) is 82.1 Å². The first-order valence-electron chi connectivity index (χ1n) is 6.58. The number of rotatable bonds is 2. The fourth-order valence-electron chi connectivity index (χ4n) is 2.10. The highest BCUT2D eigenvalue weighted by Crippen LogP contribution is 2.28. The van der Waals surface area contributed by atoms with Gasteiger partial charge in [-0.05, 0) is 20.8 Å². The SMILES string of the molecule is [B][C@H]1[C@H](OC(C)=O)C[C@@H](C(=O)OC)N1C(=O)OC(C)(C)C. The minimum absolute atomic E-state index is 0.0761. The zero-order chi connectivity index (χ0) is 16.4. The Kier molecular flexibility index (Phi) is 5.25. The lowest BCUT2D eigenvalue weighted by atomic mass is 9.91. The standard InChI is InChI=1S/C13H20BNO6/c1-7(16)20-9-6-8(11(17)19-5)15(10(9)14)12(18)21-13(2,3)4/h8-10H,6H2,1-5H3/t8-,9+,10+/m0/s1. The smallest absolute Gasteiger partial charge is 0.410 e.